The van der Waals surface area contributed by atoms with Crippen molar-refractivity contribution in [3.8, 4) is 0 Å². The highest BCUT2D eigenvalue weighted by Crippen LogP contribution is 2.41. The average Bonchev–Trinajstić information content (AvgIpc) is 3.18. The zero-order chi connectivity index (χ0) is 19.9. The molecule has 2 unspecified atom stereocenters. The number of hydrogen-bond donors (Lipinski definition) is 2. The van der Waals surface area contributed by atoms with E-state index in [0.29, 0.717) is 41.8 Å². The second kappa shape index (κ2) is 7.40. The summed E-state index contributed by atoms with van der Waals surface area (Å²) in [7, 11) is 0. The van der Waals surface area contributed by atoms with Crippen LogP contribution in [0, 0.1) is 12.8 Å². The molecule has 1 aliphatic rings. The Bertz CT molecular complexity index is 960. The maximum atomic E-state index is 13.0. The molecule has 0 bridgehead atoms. The van der Waals surface area contributed by atoms with E-state index in [9.17, 15) is 22.8 Å². The molecule has 10 heteroatoms. The van der Waals surface area contributed by atoms with Gasteiger partial charge < -0.3 is 11.1 Å². The van der Waals surface area contributed by atoms with Gasteiger partial charge in [-0.3, -0.25) is 13.9 Å². The number of fused-ring (bicyclic) bond motifs is 1. The lowest BCUT2D eigenvalue weighted by Crippen LogP contribution is -2.40. The normalized spacial score (nSPS) is 19.8. The van der Waals surface area contributed by atoms with E-state index >= 15 is 0 Å². The van der Waals surface area contributed by atoms with E-state index in [0.717, 1.165) is 14.0 Å². The number of thiophene rings is 1. The van der Waals surface area contributed by atoms with Gasteiger partial charge in [0.25, 0.3) is 5.56 Å². The summed E-state index contributed by atoms with van der Waals surface area (Å²) in [4.78, 5) is 27.0. The van der Waals surface area contributed by atoms with Crippen LogP contribution in [-0.2, 0) is 13.1 Å². The monoisotopic (exact) mass is 404 g/mol. The number of aryl methyl sites for hydroxylation is 2. The molecule has 2 aromatic heterocycles. The molecule has 0 aliphatic heterocycles. The maximum Gasteiger partial charge on any atom is 0.390 e. The molecule has 1 saturated carbocycles. The van der Waals surface area contributed by atoms with Gasteiger partial charge in [0.05, 0.1) is 11.8 Å². The van der Waals surface area contributed by atoms with Crippen molar-refractivity contribution in [1.82, 2.24) is 14.5 Å². The van der Waals surface area contributed by atoms with Crippen LogP contribution in [0.4, 0.5) is 13.2 Å². The Kier molecular flexibility index (Phi) is 5.51. The molecule has 1 fully saturated rings. The van der Waals surface area contributed by atoms with Crippen LogP contribution >= 0.6 is 11.3 Å². The third-order valence-electron chi connectivity index (χ3n) is 4.97. The Labute approximate surface area is 157 Å². The standard InChI is InChI=1S/C17H23F3N4O2S/c1-9-7-11(9)24-14(25)13-10(2)12(8-22-5-4-21)27-15(13)23(16(24)26)6-3-17(18,19)20/h9,11,22H,3-8,21H2,1-2H3. The Hall–Kier alpha value is -1.65. The lowest BCUT2D eigenvalue weighted by molar-refractivity contribution is -0.136. The molecule has 0 aromatic carbocycles. The van der Waals surface area contributed by atoms with Crippen molar-refractivity contribution >= 4 is 21.6 Å². The average molecular weight is 404 g/mol. The number of nitrogens with one attached hydrogen (secondary N) is 1. The summed E-state index contributed by atoms with van der Waals surface area (Å²) in [5.41, 5.74) is 5.14. The van der Waals surface area contributed by atoms with E-state index < -0.39 is 30.4 Å². The van der Waals surface area contributed by atoms with Gasteiger partial charge in [-0.1, -0.05) is 6.92 Å². The van der Waals surface area contributed by atoms with Crippen molar-refractivity contribution in [1.29, 1.82) is 0 Å². The summed E-state index contributed by atoms with van der Waals surface area (Å²) in [6, 6.07) is -0.232. The van der Waals surface area contributed by atoms with E-state index in [2.05, 4.69) is 5.32 Å². The molecular weight excluding hydrogens is 381 g/mol. The summed E-state index contributed by atoms with van der Waals surface area (Å²) in [5.74, 6) is 0.175. The van der Waals surface area contributed by atoms with Gasteiger partial charge in [-0.05, 0) is 24.8 Å². The molecule has 3 N–H and O–H groups in total. The van der Waals surface area contributed by atoms with Gasteiger partial charge in [-0.25, -0.2) is 4.79 Å². The summed E-state index contributed by atoms with van der Waals surface area (Å²) in [6.07, 6.45) is -4.80. The fraction of sp³-hybridized carbons (Fsp3) is 0.647. The third kappa shape index (κ3) is 3.97. The van der Waals surface area contributed by atoms with Crippen LogP contribution in [0.2, 0.25) is 0 Å². The number of halogens is 3. The predicted octanol–water partition coefficient (Wildman–Crippen LogP) is 2.11. The molecule has 27 heavy (non-hydrogen) atoms. The van der Waals surface area contributed by atoms with Crippen molar-refractivity contribution in [2.24, 2.45) is 11.7 Å². The lowest BCUT2D eigenvalue weighted by Gasteiger charge is -2.13. The number of hydrogen-bond acceptors (Lipinski definition) is 5. The molecule has 0 saturated heterocycles. The minimum Gasteiger partial charge on any atom is -0.329 e. The SMILES string of the molecule is Cc1c(CNCCN)sc2c1c(=O)n(C1CC1C)c(=O)n2CCC(F)(F)F. The van der Waals surface area contributed by atoms with E-state index in [4.69, 9.17) is 5.73 Å². The first-order valence-electron chi connectivity index (χ1n) is 8.90. The van der Waals surface area contributed by atoms with Crippen LogP contribution in [0.15, 0.2) is 9.59 Å². The first-order chi connectivity index (χ1) is 12.7. The van der Waals surface area contributed by atoms with Crippen molar-refractivity contribution < 1.29 is 13.2 Å². The van der Waals surface area contributed by atoms with Crippen LogP contribution in [0.25, 0.3) is 10.2 Å². The fourth-order valence-electron chi connectivity index (χ4n) is 3.27. The number of rotatable bonds is 7. The highest BCUT2D eigenvalue weighted by atomic mass is 32.1. The summed E-state index contributed by atoms with van der Waals surface area (Å²) < 4.78 is 40.6. The molecule has 0 spiro atoms. The fourth-order valence-corrected chi connectivity index (χ4v) is 4.56. The number of nitrogens with two attached hydrogens (primary N) is 1. The van der Waals surface area contributed by atoms with Gasteiger partial charge in [0.1, 0.15) is 4.83 Å². The molecule has 1 aliphatic carbocycles. The van der Waals surface area contributed by atoms with Crippen molar-refractivity contribution in [2.75, 3.05) is 13.1 Å². The number of aromatic nitrogens is 2. The van der Waals surface area contributed by atoms with E-state index in [1.807, 2.05) is 6.92 Å². The molecule has 2 heterocycles. The molecule has 0 amide bonds. The first-order valence-corrected chi connectivity index (χ1v) is 9.72. The van der Waals surface area contributed by atoms with Gasteiger partial charge >= 0.3 is 11.9 Å². The van der Waals surface area contributed by atoms with E-state index in [-0.39, 0.29) is 12.0 Å². The Morgan fingerprint density at radius 1 is 1.33 bits per heavy atom. The second-order valence-corrected chi connectivity index (χ2v) is 8.13. The van der Waals surface area contributed by atoms with Crippen LogP contribution in [0.1, 0.15) is 36.2 Å². The van der Waals surface area contributed by atoms with E-state index in [1.165, 1.54) is 11.3 Å². The third-order valence-corrected chi connectivity index (χ3v) is 6.28. The van der Waals surface area contributed by atoms with E-state index in [1.54, 1.807) is 6.92 Å². The Morgan fingerprint density at radius 3 is 2.56 bits per heavy atom. The Balaban J connectivity index is 2.16. The zero-order valence-corrected chi connectivity index (χ0v) is 16.0. The second-order valence-electron chi connectivity index (χ2n) is 7.05. The smallest absolute Gasteiger partial charge is 0.329 e. The molecule has 2 atom stereocenters. The largest absolute Gasteiger partial charge is 0.390 e. The van der Waals surface area contributed by atoms with Crippen LogP contribution < -0.4 is 22.3 Å². The minimum absolute atomic E-state index is 0.175. The van der Waals surface area contributed by atoms with Gasteiger partial charge in [0.2, 0.25) is 0 Å². The summed E-state index contributed by atoms with van der Waals surface area (Å²) >= 11 is 1.20. The molecule has 0 radical (unpaired) electrons. The molecule has 6 nitrogen and oxygen atoms in total. The van der Waals surface area contributed by atoms with Crippen LogP contribution in [-0.4, -0.2) is 28.4 Å². The quantitative estimate of drug-likeness (QED) is 0.693. The number of nitrogens with zero attached hydrogens (tertiary/aromatic N) is 2. The minimum atomic E-state index is -4.38. The zero-order valence-electron chi connectivity index (χ0n) is 15.2. The van der Waals surface area contributed by atoms with Gasteiger partial charge in [-0.15, -0.1) is 11.3 Å². The van der Waals surface area contributed by atoms with Crippen LogP contribution in [0.5, 0.6) is 0 Å². The molecule has 3 rings (SSSR count). The van der Waals surface area contributed by atoms with Crippen molar-refractivity contribution in [3.05, 3.63) is 31.3 Å². The van der Waals surface area contributed by atoms with Gasteiger partial charge in [0.15, 0.2) is 0 Å². The summed E-state index contributed by atoms with van der Waals surface area (Å²) in [6.45, 7) is 4.69. The Morgan fingerprint density at radius 2 is 2.00 bits per heavy atom. The van der Waals surface area contributed by atoms with Gasteiger partial charge in [-0.2, -0.15) is 13.2 Å². The molecule has 150 valence electrons. The summed E-state index contributed by atoms with van der Waals surface area (Å²) in [5, 5.41) is 3.48. The predicted molar refractivity (Wildman–Crippen MR) is 99.3 cm³/mol. The van der Waals surface area contributed by atoms with Crippen molar-refractivity contribution in [2.45, 2.75) is 52.0 Å². The first kappa shape index (κ1) is 20.1. The van der Waals surface area contributed by atoms with Gasteiger partial charge in [0, 0.05) is 37.1 Å². The molecular formula is C17H23F3N4O2S. The molecule has 2 aromatic rings. The van der Waals surface area contributed by atoms with Crippen LogP contribution in [0.3, 0.4) is 0 Å². The van der Waals surface area contributed by atoms with Crippen molar-refractivity contribution in [3.63, 3.8) is 0 Å². The highest BCUT2D eigenvalue weighted by molar-refractivity contribution is 7.18. The maximum absolute atomic E-state index is 13.0. The number of alkyl halides is 3. The topological polar surface area (TPSA) is 82.1 Å². The highest BCUT2D eigenvalue weighted by Gasteiger charge is 2.38. The lowest BCUT2D eigenvalue weighted by atomic mass is 10.2.